The molecule has 3 aromatic heterocycles. The predicted octanol–water partition coefficient (Wildman–Crippen LogP) is 1.17. The first-order chi connectivity index (χ1) is 9.97. The Bertz CT molecular complexity index is 832. The number of aliphatic carboxylic acids is 1. The van der Waals surface area contributed by atoms with E-state index in [0.29, 0.717) is 4.88 Å². The van der Waals surface area contributed by atoms with Gasteiger partial charge < -0.3 is 15.5 Å². The molecule has 2 unspecified atom stereocenters. The van der Waals surface area contributed by atoms with Crippen molar-refractivity contribution in [1.82, 2.24) is 14.7 Å². The number of carboxylic acids is 1. The normalized spacial score (nSPS) is 14.4. The summed E-state index contributed by atoms with van der Waals surface area (Å²) in [7, 11) is 0. The standard InChI is InChI=1S/C12H11N3O4S2/c1-5(16)8(11(18)19)13-9(17)7-4-6-10(21-7)14-12-15(6)2-3-20-12/h2-5,8,16H,1H3,(H,13,17)(H,18,19). The molecule has 7 nitrogen and oxygen atoms in total. The first-order valence-electron chi connectivity index (χ1n) is 6.04. The summed E-state index contributed by atoms with van der Waals surface area (Å²) in [6.07, 6.45) is 0.681. The number of hydrogen-bond acceptors (Lipinski definition) is 6. The van der Waals surface area contributed by atoms with Gasteiger partial charge in [-0.25, -0.2) is 9.78 Å². The summed E-state index contributed by atoms with van der Waals surface area (Å²) in [5.41, 5.74) is 0.810. The van der Waals surface area contributed by atoms with Gasteiger partial charge >= 0.3 is 5.97 Å². The number of hydrogen-bond donors (Lipinski definition) is 3. The molecule has 110 valence electrons. The second kappa shape index (κ2) is 5.10. The molecule has 3 aromatic rings. The maximum absolute atomic E-state index is 12.1. The maximum Gasteiger partial charge on any atom is 0.328 e. The van der Waals surface area contributed by atoms with Crippen molar-refractivity contribution < 1.29 is 19.8 Å². The van der Waals surface area contributed by atoms with Crippen LogP contribution in [0.4, 0.5) is 0 Å². The molecule has 0 aliphatic rings. The third kappa shape index (κ3) is 2.39. The number of fused-ring (bicyclic) bond motifs is 3. The molecule has 3 N–H and O–H groups in total. The van der Waals surface area contributed by atoms with Gasteiger partial charge in [-0.2, -0.15) is 0 Å². The smallest absolute Gasteiger partial charge is 0.328 e. The molecule has 0 saturated heterocycles. The topological polar surface area (TPSA) is 104 Å². The fourth-order valence-corrected chi connectivity index (χ4v) is 3.66. The van der Waals surface area contributed by atoms with Crippen LogP contribution in [0.1, 0.15) is 16.6 Å². The number of aromatic nitrogens is 2. The highest BCUT2D eigenvalue weighted by molar-refractivity contribution is 7.21. The lowest BCUT2D eigenvalue weighted by Crippen LogP contribution is -2.47. The largest absolute Gasteiger partial charge is 0.480 e. The fourth-order valence-electron chi connectivity index (χ4n) is 1.96. The Morgan fingerprint density at radius 1 is 1.48 bits per heavy atom. The van der Waals surface area contributed by atoms with E-state index in [-0.39, 0.29) is 0 Å². The Hall–Kier alpha value is -1.97. The van der Waals surface area contributed by atoms with Gasteiger partial charge in [-0.15, -0.1) is 22.7 Å². The van der Waals surface area contributed by atoms with Gasteiger partial charge in [0.1, 0.15) is 4.83 Å². The van der Waals surface area contributed by atoms with Gasteiger partial charge in [-0.1, -0.05) is 0 Å². The van der Waals surface area contributed by atoms with Crippen molar-refractivity contribution in [3.63, 3.8) is 0 Å². The second-order valence-electron chi connectivity index (χ2n) is 4.50. The number of carboxylic acid groups (broad SMARTS) is 1. The molecule has 1 amide bonds. The molecule has 0 spiro atoms. The summed E-state index contributed by atoms with van der Waals surface area (Å²) >= 11 is 2.69. The first kappa shape index (κ1) is 14.0. The van der Waals surface area contributed by atoms with E-state index in [0.717, 1.165) is 15.3 Å². The number of amides is 1. The van der Waals surface area contributed by atoms with E-state index >= 15 is 0 Å². The summed E-state index contributed by atoms with van der Waals surface area (Å²) < 4.78 is 1.87. The zero-order valence-electron chi connectivity index (χ0n) is 10.8. The number of nitrogens with one attached hydrogen (secondary N) is 1. The molecule has 0 aromatic carbocycles. The maximum atomic E-state index is 12.1. The molecule has 9 heteroatoms. The number of rotatable bonds is 4. The monoisotopic (exact) mass is 325 g/mol. The summed E-state index contributed by atoms with van der Waals surface area (Å²) in [5, 5.41) is 22.6. The van der Waals surface area contributed by atoms with Gasteiger partial charge in [-0.3, -0.25) is 9.20 Å². The lowest BCUT2D eigenvalue weighted by Gasteiger charge is -2.16. The van der Waals surface area contributed by atoms with Gasteiger partial charge in [0.05, 0.1) is 16.5 Å². The average Bonchev–Trinajstić information content (AvgIpc) is 3.05. The Labute approximate surface area is 126 Å². The van der Waals surface area contributed by atoms with Crippen molar-refractivity contribution in [3.05, 3.63) is 22.5 Å². The molecule has 3 rings (SSSR count). The summed E-state index contributed by atoms with van der Waals surface area (Å²) in [6, 6.07) is 0.332. The SMILES string of the molecule is CC(O)C(NC(=O)c1cc2c(nc3sccn32)s1)C(=O)O. The van der Waals surface area contributed by atoms with Gasteiger partial charge in [0.2, 0.25) is 0 Å². The van der Waals surface area contributed by atoms with Crippen LogP contribution in [0.15, 0.2) is 17.6 Å². The van der Waals surface area contributed by atoms with E-state index in [1.165, 1.54) is 29.6 Å². The summed E-state index contributed by atoms with van der Waals surface area (Å²) in [6.45, 7) is 1.32. The van der Waals surface area contributed by atoms with Crippen LogP contribution in [-0.4, -0.2) is 43.6 Å². The van der Waals surface area contributed by atoms with E-state index in [9.17, 15) is 14.7 Å². The number of carbonyl (C=O) groups excluding carboxylic acids is 1. The van der Waals surface area contributed by atoms with Gasteiger partial charge in [0.15, 0.2) is 11.0 Å². The zero-order chi connectivity index (χ0) is 15.1. The molecule has 0 fully saturated rings. The molecule has 0 radical (unpaired) electrons. The Kier molecular flexibility index (Phi) is 3.40. The second-order valence-corrected chi connectivity index (χ2v) is 6.40. The minimum Gasteiger partial charge on any atom is -0.480 e. The summed E-state index contributed by atoms with van der Waals surface area (Å²) in [5.74, 6) is -1.81. The van der Waals surface area contributed by atoms with E-state index in [2.05, 4.69) is 10.3 Å². The van der Waals surface area contributed by atoms with E-state index in [1.807, 2.05) is 16.0 Å². The lowest BCUT2D eigenvalue weighted by atomic mass is 10.2. The van der Waals surface area contributed by atoms with Crippen molar-refractivity contribution >= 4 is 49.9 Å². The molecule has 0 saturated carbocycles. The highest BCUT2D eigenvalue weighted by Gasteiger charge is 2.26. The predicted molar refractivity (Wildman–Crippen MR) is 79.0 cm³/mol. The zero-order valence-corrected chi connectivity index (χ0v) is 12.4. The molecule has 0 aliphatic carbocycles. The Balaban J connectivity index is 1.90. The van der Waals surface area contributed by atoms with Crippen LogP contribution in [0.5, 0.6) is 0 Å². The average molecular weight is 325 g/mol. The van der Waals surface area contributed by atoms with Gasteiger partial charge in [0, 0.05) is 11.6 Å². The number of thiophene rings is 1. The molecule has 21 heavy (non-hydrogen) atoms. The van der Waals surface area contributed by atoms with E-state index in [4.69, 9.17) is 5.11 Å². The number of nitrogens with zero attached hydrogens (tertiary/aromatic N) is 2. The van der Waals surface area contributed by atoms with E-state index in [1.54, 1.807) is 6.07 Å². The fraction of sp³-hybridized carbons (Fsp3) is 0.250. The molecular weight excluding hydrogens is 314 g/mol. The van der Waals surface area contributed by atoms with Crippen LogP contribution in [-0.2, 0) is 4.79 Å². The molecule has 0 aliphatic heterocycles. The molecule has 3 heterocycles. The van der Waals surface area contributed by atoms with Crippen molar-refractivity contribution in [3.8, 4) is 0 Å². The molecule has 0 bridgehead atoms. The third-order valence-electron chi connectivity index (χ3n) is 3.00. The number of imidazole rings is 1. The molecular formula is C12H11N3O4S2. The van der Waals surface area contributed by atoms with Gasteiger partial charge in [-0.05, 0) is 13.0 Å². The van der Waals surface area contributed by atoms with Crippen LogP contribution in [0.2, 0.25) is 0 Å². The minimum absolute atomic E-state index is 0.361. The quantitative estimate of drug-likeness (QED) is 0.668. The number of carbonyl (C=O) groups is 2. The van der Waals surface area contributed by atoms with Crippen molar-refractivity contribution in [1.29, 1.82) is 0 Å². The van der Waals surface area contributed by atoms with Crippen LogP contribution in [0.25, 0.3) is 15.3 Å². The van der Waals surface area contributed by atoms with Gasteiger partial charge in [0.25, 0.3) is 5.91 Å². The van der Waals surface area contributed by atoms with Crippen molar-refractivity contribution in [2.75, 3.05) is 0 Å². The number of thiazole rings is 1. The molecule has 2 atom stereocenters. The summed E-state index contributed by atoms with van der Waals surface area (Å²) in [4.78, 5) is 29.4. The van der Waals surface area contributed by atoms with Crippen LogP contribution in [0, 0.1) is 0 Å². The third-order valence-corrected chi connectivity index (χ3v) is 4.77. The lowest BCUT2D eigenvalue weighted by molar-refractivity contribution is -0.141. The number of aliphatic hydroxyl groups excluding tert-OH is 1. The van der Waals surface area contributed by atoms with Crippen molar-refractivity contribution in [2.45, 2.75) is 19.1 Å². The van der Waals surface area contributed by atoms with Crippen LogP contribution >= 0.6 is 22.7 Å². The Morgan fingerprint density at radius 2 is 2.24 bits per heavy atom. The Morgan fingerprint density at radius 3 is 2.90 bits per heavy atom. The van der Waals surface area contributed by atoms with Crippen LogP contribution in [0.3, 0.4) is 0 Å². The van der Waals surface area contributed by atoms with Crippen LogP contribution < -0.4 is 5.32 Å². The first-order valence-corrected chi connectivity index (χ1v) is 7.74. The number of aliphatic hydroxyl groups is 1. The minimum atomic E-state index is -1.34. The van der Waals surface area contributed by atoms with Crippen molar-refractivity contribution in [2.24, 2.45) is 0 Å². The highest BCUT2D eigenvalue weighted by Crippen LogP contribution is 2.28. The van der Waals surface area contributed by atoms with E-state index < -0.39 is 24.0 Å². The highest BCUT2D eigenvalue weighted by atomic mass is 32.1.